The molecular weight excluding hydrogens is 342 g/mol. The fourth-order valence-electron chi connectivity index (χ4n) is 2.37. The second kappa shape index (κ2) is 7.32. The maximum absolute atomic E-state index is 12.8. The molecule has 1 fully saturated rings. The molecule has 0 atom stereocenters. The number of benzene rings is 1. The lowest BCUT2D eigenvalue weighted by Crippen LogP contribution is -2.45. The number of halogens is 2. The lowest BCUT2D eigenvalue weighted by molar-refractivity contribution is 0.0577. The summed E-state index contributed by atoms with van der Waals surface area (Å²) in [6, 6.07) is 5.88. The van der Waals surface area contributed by atoms with Gasteiger partial charge in [-0.3, -0.25) is 4.79 Å². The van der Waals surface area contributed by atoms with Gasteiger partial charge in [0, 0.05) is 22.9 Å². The Morgan fingerprint density at radius 2 is 2.25 bits per heavy atom. The smallest absolute Gasteiger partial charge is 0.257 e. The molecule has 5 heteroatoms. The molecule has 1 aliphatic carbocycles. The molecule has 0 aromatic heterocycles. The molecule has 0 aliphatic heterocycles. The molecule has 1 aromatic carbocycles. The van der Waals surface area contributed by atoms with Gasteiger partial charge < -0.3 is 9.64 Å². The summed E-state index contributed by atoms with van der Waals surface area (Å²) in [5.74, 6) is 1.23. The summed E-state index contributed by atoms with van der Waals surface area (Å²) in [6.45, 7) is 0.715. The van der Waals surface area contributed by atoms with Gasteiger partial charge in [-0.1, -0.05) is 15.9 Å². The molecule has 0 heterocycles. The van der Waals surface area contributed by atoms with Crippen LogP contribution in [0.3, 0.4) is 0 Å². The van der Waals surface area contributed by atoms with E-state index >= 15 is 0 Å². The molecule has 110 valence electrons. The van der Waals surface area contributed by atoms with Crippen LogP contribution in [0.1, 0.15) is 36.0 Å². The van der Waals surface area contributed by atoms with E-state index in [-0.39, 0.29) is 5.91 Å². The monoisotopic (exact) mass is 359 g/mol. The Labute approximate surface area is 133 Å². The van der Waals surface area contributed by atoms with E-state index in [9.17, 15) is 4.79 Å². The third-order valence-electron chi connectivity index (χ3n) is 3.70. The quantitative estimate of drug-likeness (QED) is 0.715. The second-order valence-corrected chi connectivity index (χ2v) is 6.26. The normalized spacial score (nSPS) is 14.8. The van der Waals surface area contributed by atoms with Crippen molar-refractivity contribution in [3.05, 3.63) is 28.2 Å². The molecule has 3 nitrogen and oxygen atoms in total. The number of alkyl halides is 1. The van der Waals surface area contributed by atoms with Gasteiger partial charge in [0.1, 0.15) is 5.75 Å². The van der Waals surface area contributed by atoms with Crippen molar-refractivity contribution in [1.29, 1.82) is 0 Å². The van der Waals surface area contributed by atoms with Crippen molar-refractivity contribution >= 4 is 33.4 Å². The van der Waals surface area contributed by atoms with E-state index in [1.54, 1.807) is 7.11 Å². The minimum absolute atomic E-state index is 0.0455. The van der Waals surface area contributed by atoms with Gasteiger partial charge in [0.2, 0.25) is 0 Å². The zero-order chi connectivity index (χ0) is 14.5. The Kier molecular flexibility index (Phi) is 5.73. The molecule has 0 N–H and O–H groups in total. The molecule has 1 aliphatic rings. The van der Waals surface area contributed by atoms with Gasteiger partial charge in [0.25, 0.3) is 5.91 Å². The Morgan fingerprint density at radius 1 is 1.50 bits per heavy atom. The molecule has 1 aromatic rings. The van der Waals surface area contributed by atoms with Crippen LogP contribution < -0.4 is 4.74 Å². The molecular formula is C15H19BrClNO2. The number of rotatable bonds is 6. The number of ether oxygens (including phenoxy) is 1. The highest BCUT2D eigenvalue weighted by molar-refractivity contribution is 9.10. The number of carbonyl (C=O) groups excluding carboxylic acids is 1. The first kappa shape index (κ1) is 15.6. The maximum Gasteiger partial charge on any atom is 0.257 e. The van der Waals surface area contributed by atoms with E-state index in [0.717, 1.165) is 23.7 Å². The highest BCUT2D eigenvalue weighted by atomic mass is 79.9. The molecule has 1 amide bonds. The third kappa shape index (κ3) is 3.47. The van der Waals surface area contributed by atoms with Crippen LogP contribution in [0.15, 0.2) is 22.7 Å². The first-order valence-electron chi connectivity index (χ1n) is 6.88. The van der Waals surface area contributed by atoms with Crippen molar-refractivity contribution in [1.82, 2.24) is 4.90 Å². The summed E-state index contributed by atoms with van der Waals surface area (Å²) in [7, 11) is 1.59. The predicted octanol–water partition coefficient (Wildman–Crippen LogP) is 4.08. The minimum atomic E-state index is 0.0455. The SMILES string of the molecule is COc1cc(Br)ccc1C(=O)N(CCCCl)C1CCC1. The fraction of sp³-hybridized carbons (Fsp3) is 0.533. The van der Waals surface area contributed by atoms with E-state index in [1.807, 2.05) is 23.1 Å². The minimum Gasteiger partial charge on any atom is -0.496 e. The van der Waals surface area contributed by atoms with Crippen molar-refractivity contribution in [2.24, 2.45) is 0 Å². The van der Waals surface area contributed by atoms with Gasteiger partial charge in [-0.05, 0) is 43.9 Å². The molecule has 0 bridgehead atoms. The van der Waals surface area contributed by atoms with Crippen LogP contribution in [-0.2, 0) is 0 Å². The highest BCUT2D eigenvalue weighted by Gasteiger charge is 2.30. The van der Waals surface area contributed by atoms with Crippen LogP contribution in [0.4, 0.5) is 0 Å². The van der Waals surface area contributed by atoms with Crippen molar-refractivity contribution in [3.63, 3.8) is 0 Å². The molecule has 0 unspecified atom stereocenters. The summed E-state index contributed by atoms with van der Waals surface area (Å²) >= 11 is 9.17. The van der Waals surface area contributed by atoms with Crippen LogP contribution in [0.5, 0.6) is 5.75 Å². The average Bonchev–Trinajstić information content (AvgIpc) is 2.40. The molecule has 1 saturated carbocycles. The summed E-state index contributed by atoms with van der Waals surface area (Å²) in [4.78, 5) is 14.7. The summed E-state index contributed by atoms with van der Waals surface area (Å²) in [6.07, 6.45) is 4.20. The zero-order valence-electron chi connectivity index (χ0n) is 11.6. The van der Waals surface area contributed by atoms with Crippen LogP contribution in [-0.4, -0.2) is 36.4 Å². The van der Waals surface area contributed by atoms with E-state index < -0.39 is 0 Å². The predicted molar refractivity (Wildman–Crippen MR) is 84.7 cm³/mol. The number of nitrogens with zero attached hydrogens (tertiary/aromatic N) is 1. The topological polar surface area (TPSA) is 29.5 Å². The average molecular weight is 361 g/mol. The molecule has 0 radical (unpaired) electrons. The Bertz CT molecular complexity index is 477. The summed E-state index contributed by atoms with van der Waals surface area (Å²) in [5, 5.41) is 0. The van der Waals surface area contributed by atoms with Gasteiger partial charge in [-0.15, -0.1) is 11.6 Å². The van der Waals surface area contributed by atoms with E-state index in [1.165, 1.54) is 6.42 Å². The third-order valence-corrected chi connectivity index (χ3v) is 4.46. The Hall–Kier alpha value is -0.740. The Morgan fingerprint density at radius 3 is 2.80 bits per heavy atom. The number of methoxy groups -OCH3 is 1. The van der Waals surface area contributed by atoms with Crippen molar-refractivity contribution in [3.8, 4) is 5.75 Å². The van der Waals surface area contributed by atoms with Crippen molar-refractivity contribution < 1.29 is 9.53 Å². The number of hydrogen-bond donors (Lipinski definition) is 0. The molecule has 20 heavy (non-hydrogen) atoms. The fourth-order valence-corrected chi connectivity index (χ4v) is 2.83. The number of hydrogen-bond acceptors (Lipinski definition) is 2. The van der Waals surface area contributed by atoms with E-state index in [0.29, 0.717) is 29.8 Å². The van der Waals surface area contributed by atoms with E-state index in [2.05, 4.69) is 15.9 Å². The van der Waals surface area contributed by atoms with Crippen LogP contribution in [0.2, 0.25) is 0 Å². The first-order chi connectivity index (χ1) is 9.67. The maximum atomic E-state index is 12.8. The lowest BCUT2D eigenvalue weighted by atomic mass is 9.90. The van der Waals surface area contributed by atoms with E-state index in [4.69, 9.17) is 16.3 Å². The van der Waals surface area contributed by atoms with Crippen LogP contribution in [0.25, 0.3) is 0 Å². The largest absolute Gasteiger partial charge is 0.496 e. The van der Waals surface area contributed by atoms with Crippen molar-refractivity contribution in [2.75, 3.05) is 19.5 Å². The van der Waals surface area contributed by atoms with Crippen LogP contribution in [0, 0.1) is 0 Å². The lowest BCUT2D eigenvalue weighted by Gasteiger charge is -2.37. The Balaban J connectivity index is 2.21. The first-order valence-corrected chi connectivity index (χ1v) is 8.20. The van der Waals surface area contributed by atoms with Gasteiger partial charge in [-0.2, -0.15) is 0 Å². The van der Waals surface area contributed by atoms with Gasteiger partial charge in [-0.25, -0.2) is 0 Å². The molecule has 0 saturated heterocycles. The number of carbonyl (C=O) groups is 1. The zero-order valence-corrected chi connectivity index (χ0v) is 13.9. The standard InChI is InChI=1S/C15H19BrClNO2/c1-20-14-10-11(16)6-7-13(14)15(19)18(9-3-8-17)12-4-2-5-12/h6-7,10,12H,2-5,8-9H2,1H3. The number of amides is 1. The van der Waals surface area contributed by atoms with Crippen LogP contribution >= 0.6 is 27.5 Å². The highest BCUT2D eigenvalue weighted by Crippen LogP contribution is 2.30. The summed E-state index contributed by atoms with van der Waals surface area (Å²) < 4.78 is 6.23. The van der Waals surface area contributed by atoms with Crippen molar-refractivity contribution in [2.45, 2.75) is 31.7 Å². The molecule has 0 spiro atoms. The molecule has 2 rings (SSSR count). The van der Waals surface area contributed by atoms with Gasteiger partial charge in [0.15, 0.2) is 0 Å². The summed E-state index contributed by atoms with van der Waals surface area (Å²) in [5.41, 5.74) is 0.622. The van der Waals surface area contributed by atoms with Gasteiger partial charge in [0.05, 0.1) is 12.7 Å². The second-order valence-electron chi connectivity index (χ2n) is 4.97. The van der Waals surface area contributed by atoms with Gasteiger partial charge >= 0.3 is 0 Å².